The molecule has 3 aromatic heterocycles. The van der Waals surface area contributed by atoms with Crippen LogP contribution in [0, 0.1) is 18.6 Å². The summed E-state index contributed by atoms with van der Waals surface area (Å²) in [7, 11) is -1.06. The Morgan fingerprint density at radius 3 is 2.65 bits per heavy atom. The fourth-order valence-electron chi connectivity index (χ4n) is 4.17. The molecule has 1 fully saturated rings. The maximum atomic E-state index is 13.3. The summed E-state index contributed by atoms with van der Waals surface area (Å²) in [5, 5.41) is 3.54. The molecule has 176 valence electrons. The molecule has 1 aliphatic rings. The number of fused-ring (bicyclic) bond motifs is 2. The van der Waals surface area contributed by atoms with E-state index in [1.54, 1.807) is 18.5 Å². The largest absolute Gasteiger partial charge is 0.467 e. The Morgan fingerprint density at radius 1 is 1.15 bits per heavy atom. The highest BCUT2D eigenvalue weighted by Gasteiger charge is 2.23. The van der Waals surface area contributed by atoms with Crippen molar-refractivity contribution in [3.05, 3.63) is 47.7 Å². The number of hydrogen-bond donors (Lipinski definition) is 2. The van der Waals surface area contributed by atoms with Crippen molar-refractivity contribution in [2.24, 2.45) is 0 Å². The third kappa shape index (κ3) is 4.00. The van der Waals surface area contributed by atoms with E-state index < -0.39 is 9.73 Å². The molecular formula is C22H24N8O3S. The van der Waals surface area contributed by atoms with Crippen LogP contribution in [0.25, 0.3) is 16.6 Å². The van der Waals surface area contributed by atoms with Crippen LogP contribution in [0.2, 0.25) is 0 Å². The fraction of sp³-hybridized carbons (Fsp3) is 0.318. The van der Waals surface area contributed by atoms with Crippen LogP contribution in [-0.2, 0) is 9.73 Å². The topological polar surface area (TPSA) is 138 Å². The van der Waals surface area contributed by atoms with Gasteiger partial charge in [0.05, 0.1) is 35.8 Å². The zero-order valence-corrected chi connectivity index (χ0v) is 19.8. The van der Waals surface area contributed by atoms with E-state index in [1.165, 1.54) is 7.11 Å². The van der Waals surface area contributed by atoms with Crippen molar-refractivity contribution in [1.82, 2.24) is 24.3 Å². The molecule has 4 aromatic rings. The second-order valence-corrected chi connectivity index (χ2v) is 10.7. The Kier molecular flexibility index (Phi) is 5.31. The van der Waals surface area contributed by atoms with Gasteiger partial charge >= 0.3 is 6.01 Å². The van der Waals surface area contributed by atoms with Crippen LogP contribution in [0.3, 0.4) is 0 Å². The van der Waals surface area contributed by atoms with E-state index in [-0.39, 0.29) is 11.9 Å². The molecule has 1 amide bonds. The molecule has 0 bridgehead atoms. The zero-order valence-electron chi connectivity index (χ0n) is 19.0. The van der Waals surface area contributed by atoms with Gasteiger partial charge in [-0.15, -0.1) is 0 Å². The van der Waals surface area contributed by atoms with Gasteiger partial charge in [-0.2, -0.15) is 4.98 Å². The van der Waals surface area contributed by atoms with Crippen molar-refractivity contribution in [1.29, 1.82) is 4.78 Å². The molecule has 12 heteroatoms. The highest BCUT2D eigenvalue weighted by atomic mass is 32.2. The van der Waals surface area contributed by atoms with Crippen LogP contribution in [0.15, 0.2) is 30.7 Å². The van der Waals surface area contributed by atoms with E-state index in [0.29, 0.717) is 52.5 Å². The predicted molar refractivity (Wildman–Crippen MR) is 129 cm³/mol. The monoisotopic (exact) mass is 480 g/mol. The van der Waals surface area contributed by atoms with Crippen LogP contribution in [-0.4, -0.2) is 66.2 Å². The summed E-state index contributed by atoms with van der Waals surface area (Å²) in [4.78, 5) is 32.9. The van der Waals surface area contributed by atoms with E-state index in [4.69, 9.17) is 9.52 Å². The maximum absolute atomic E-state index is 13.3. The quantitative estimate of drug-likeness (QED) is 0.454. The first-order chi connectivity index (χ1) is 16.2. The molecule has 0 atom stereocenters. The number of anilines is 2. The summed E-state index contributed by atoms with van der Waals surface area (Å²) in [6, 6.07) is 3.70. The maximum Gasteiger partial charge on any atom is 0.316 e. The molecule has 0 radical (unpaired) electrons. The summed E-state index contributed by atoms with van der Waals surface area (Å²) in [5.41, 5.74) is 3.91. The fourth-order valence-corrected chi connectivity index (χ4v) is 5.40. The highest BCUT2D eigenvalue weighted by molar-refractivity contribution is 7.92. The van der Waals surface area contributed by atoms with E-state index in [0.717, 1.165) is 17.1 Å². The molecule has 1 aliphatic heterocycles. The Morgan fingerprint density at radius 2 is 1.91 bits per heavy atom. The van der Waals surface area contributed by atoms with Gasteiger partial charge in [-0.3, -0.25) is 14.6 Å². The van der Waals surface area contributed by atoms with Crippen LogP contribution >= 0.6 is 0 Å². The number of carbonyl (C=O) groups is 1. The van der Waals surface area contributed by atoms with Gasteiger partial charge in [-0.1, -0.05) is 0 Å². The number of rotatable bonds is 4. The minimum absolute atomic E-state index is 0.149. The van der Waals surface area contributed by atoms with Crippen molar-refractivity contribution >= 4 is 43.7 Å². The highest BCUT2D eigenvalue weighted by Crippen LogP contribution is 2.30. The third-order valence-electron chi connectivity index (χ3n) is 5.82. The first-order valence-corrected chi connectivity index (χ1v) is 12.6. The summed E-state index contributed by atoms with van der Waals surface area (Å²) >= 11 is 0. The molecule has 0 spiro atoms. The normalized spacial score (nSPS) is 15.6. The number of methoxy groups -OCH3 is 1. The van der Waals surface area contributed by atoms with Gasteiger partial charge in [0.2, 0.25) is 0 Å². The van der Waals surface area contributed by atoms with Crippen molar-refractivity contribution in [2.75, 3.05) is 41.9 Å². The number of nitrogens with zero attached hydrogens (tertiary/aromatic N) is 6. The molecule has 4 heterocycles. The summed E-state index contributed by atoms with van der Waals surface area (Å²) in [6.07, 6.45) is 5.22. The lowest BCUT2D eigenvalue weighted by atomic mass is 10.1. The molecular weight excluding hydrogens is 456 g/mol. The van der Waals surface area contributed by atoms with Gasteiger partial charge < -0.3 is 19.4 Å². The van der Waals surface area contributed by atoms with Gasteiger partial charge in [0.15, 0.2) is 11.5 Å². The zero-order chi connectivity index (χ0) is 24.0. The molecule has 0 aliphatic carbocycles. The van der Waals surface area contributed by atoms with Gasteiger partial charge in [0.1, 0.15) is 0 Å². The lowest BCUT2D eigenvalue weighted by molar-refractivity contribution is 0.102. The number of hydrogen-bond acceptors (Lipinski definition) is 9. The van der Waals surface area contributed by atoms with Crippen molar-refractivity contribution in [2.45, 2.75) is 13.8 Å². The SMILES string of the molecule is COc1ncc2c(N3CCS(=N)(=O)CC3)ccc(C(=O)Nc3cn4cc(C)nc(C)c4n3)c2n1. The van der Waals surface area contributed by atoms with Gasteiger partial charge in [-0.05, 0) is 26.0 Å². The Balaban J connectivity index is 1.53. The second-order valence-electron chi connectivity index (χ2n) is 8.24. The average molecular weight is 481 g/mol. The molecule has 2 N–H and O–H groups in total. The lowest BCUT2D eigenvalue weighted by Crippen LogP contribution is -2.39. The van der Waals surface area contributed by atoms with Crippen LogP contribution in [0.5, 0.6) is 6.01 Å². The number of amides is 1. The number of benzene rings is 1. The predicted octanol–water partition coefficient (Wildman–Crippen LogP) is 2.42. The number of nitrogens with one attached hydrogen (secondary N) is 2. The number of imidazole rings is 1. The van der Waals surface area contributed by atoms with Gasteiger partial charge in [0, 0.05) is 57.8 Å². The molecule has 1 saturated heterocycles. The average Bonchev–Trinajstić information content (AvgIpc) is 3.20. The molecule has 0 saturated carbocycles. The van der Waals surface area contributed by atoms with Crippen LogP contribution < -0.4 is 15.0 Å². The summed E-state index contributed by atoms with van der Waals surface area (Å²) in [5.74, 6) is 0.640. The summed E-state index contributed by atoms with van der Waals surface area (Å²) in [6.45, 7) is 4.75. The third-order valence-corrected chi connectivity index (χ3v) is 7.51. The van der Waals surface area contributed by atoms with Crippen molar-refractivity contribution in [3.63, 3.8) is 0 Å². The Labute approximate surface area is 196 Å². The van der Waals surface area contributed by atoms with Crippen LogP contribution in [0.1, 0.15) is 21.7 Å². The van der Waals surface area contributed by atoms with Crippen LogP contribution in [0.4, 0.5) is 11.5 Å². The number of aromatic nitrogens is 5. The Hall–Kier alpha value is -3.80. The molecule has 1 aromatic carbocycles. The number of ether oxygens (including phenoxy) is 1. The minimum atomic E-state index is -2.53. The second kappa shape index (κ2) is 8.20. The van der Waals surface area contributed by atoms with E-state index in [2.05, 4.69) is 30.2 Å². The first kappa shape index (κ1) is 22.0. The molecule has 34 heavy (non-hydrogen) atoms. The van der Waals surface area contributed by atoms with Crippen molar-refractivity contribution in [3.8, 4) is 6.01 Å². The minimum Gasteiger partial charge on any atom is -0.467 e. The smallest absolute Gasteiger partial charge is 0.316 e. The molecule has 0 unspecified atom stereocenters. The lowest BCUT2D eigenvalue weighted by Gasteiger charge is -2.31. The molecule has 5 rings (SSSR count). The number of aryl methyl sites for hydroxylation is 2. The van der Waals surface area contributed by atoms with Gasteiger partial charge in [0.25, 0.3) is 5.91 Å². The number of carbonyl (C=O) groups excluding carboxylic acids is 1. The van der Waals surface area contributed by atoms with E-state index in [9.17, 15) is 9.00 Å². The van der Waals surface area contributed by atoms with E-state index in [1.807, 2.05) is 30.5 Å². The van der Waals surface area contributed by atoms with Gasteiger partial charge in [-0.25, -0.2) is 14.2 Å². The van der Waals surface area contributed by atoms with Crippen molar-refractivity contribution < 1.29 is 13.7 Å². The first-order valence-electron chi connectivity index (χ1n) is 10.7. The summed E-state index contributed by atoms with van der Waals surface area (Å²) < 4.78 is 27.0. The standard InChI is InChI=1S/C22H24N8O3S/c1-13-11-30-12-18(26-20(30)14(2)25-13)27-21(31)15-4-5-17(29-6-8-34(23,32)9-7-29)16-10-24-22(33-3)28-19(15)16/h4-5,10-12,23H,6-9H2,1-3H3,(H,27,31). The molecule has 11 nitrogen and oxygen atoms in total. The van der Waals surface area contributed by atoms with E-state index >= 15 is 0 Å². The Bertz CT molecular complexity index is 1530.